The zero-order valence-electron chi connectivity index (χ0n) is 10.1. The first-order chi connectivity index (χ1) is 8.36. The summed E-state index contributed by atoms with van der Waals surface area (Å²) in [7, 11) is 0. The molecule has 1 aromatic heterocycles. The number of aliphatic hydroxyl groups excluding tert-OH is 1. The van der Waals surface area contributed by atoms with Crippen LogP contribution in [0.1, 0.15) is 31.0 Å². The number of pyridine rings is 1. The molecule has 1 aromatic rings. The Morgan fingerprint density at radius 2 is 2.35 bits per heavy atom. The summed E-state index contributed by atoms with van der Waals surface area (Å²) in [6.07, 6.45) is 5.23. The first-order valence-corrected chi connectivity index (χ1v) is 6.34. The third-order valence-electron chi connectivity index (χ3n) is 3.54. The summed E-state index contributed by atoms with van der Waals surface area (Å²) in [5.41, 5.74) is 6.90. The van der Waals surface area contributed by atoms with E-state index < -0.39 is 0 Å². The van der Waals surface area contributed by atoms with Gasteiger partial charge in [-0.3, -0.25) is 9.88 Å². The maximum Gasteiger partial charge on any atom is 0.0647 e. The van der Waals surface area contributed by atoms with Gasteiger partial charge in [0, 0.05) is 18.8 Å². The van der Waals surface area contributed by atoms with Crippen LogP contribution in [0.15, 0.2) is 24.4 Å². The molecular weight excluding hydrogens is 214 g/mol. The lowest BCUT2D eigenvalue weighted by atomic mass is 9.99. The van der Waals surface area contributed by atoms with E-state index in [0.29, 0.717) is 6.54 Å². The number of hydrogen-bond donors (Lipinski definition) is 2. The van der Waals surface area contributed by atoms with Gasteiger partial charge in [0.25, 0.3) is 0 Å². The summed E-state index contributed by atoms with van der Waals surface area (Å²) in [4.78, 5) is 6.70. The van der Waals surface area contributed by atoms with Gasteiger partial charge in [-0.1, -0.05) is 12.5 Å². The molecule has 1 aliphatic rings. The average Bonchev–Trinajstić information content (AvgIpc) is 2.41. The second kappa shape index (κ2) is 6.10. The number of piperidine rings is 1. The van der Waals surface area contributed by atoms with Crippen LogP contribution >= 0.6 is 0 Å². The fourth-order valence-electron chi connectivity index (χ4n) is 2.63. The summed E-state index contributed by atoms with van der Waals surface area (Å²) in [6.45, 7) is 1.76. The van der Waals surface area contributed by atoms with Gasteiger partial charge in [0.1, 0.15) is 0 Å². The van der Waals surface area contributed by atoms with Gasteiger partial charge >= 0.3 is 0 Å². The Balaban J connectivity index is 2.16. The lowest BCUT2D eigenvalue weighted by Gasteiger charge is -2.39. The van der Waals surface area contributed by atoms with Crippen molar-refractivity contribution in [2.75, 3.05) is 19.7 Å². The van der Waals surface area contributed by atoms with Crippen LogP contribution in [-0.2, 0) is 0 Å². The Kier molecular flexibility index (Phi) is 4.48. The molecule has 0 spiro atoms. The van der Waals surface area contributed by atoms with Crippen molar-refractivity contribution in [1.29, 1.82) is 0 Å². The van der Waals surface area contributed by atoms with Crippen molar-refractivity contribution in [2.24, 2.45) is 5.73 Å². The van der Waals surface area contributed by atoms with Crippen LogP contribution in [0.5, 0.6) is 0 Å². The Morgan fingerprint density at radius 3 is 3.00 bits per heavy atom. The molecule has 0 amide bonds. The fraction of sp³-hybridized carbons (Fsp3) is 0.615. The van der Waals surface area contributed by atoms with Crippen molar-refractivity contribution >= 4 is 0 Å². The molecule has 0 bridgehead atoms. The predicted molar refractivity (Wildman–Crippen MR) is 67.5 cm³/mol. The third-order valence-corrected chi connectivity index (χ3v) is 3.54. The van der Waals surface area contributed by atoms with E-state index in [9.17, 15) is 5.11 Å². The monoisotopic (exact) mass is 235 g/mol. The first kappa shape index (κ1) is 12.5. The van der Waals surface area contributed by atoms with E-state index in [1.165, 1.54) is 12.8 Å². The summed E-state index contributed by atoms with van der Waals surface area (Å²) in [5, 5.41) is 9.45. The summed E-state index contributed by atoms with van der Waals surface area (Å²) in [6, 6.07) is 6.29. The fourth-order valence-corrected chi connectivity index (χ4v) is 2.63. The summed E-state index contributed by atoms with van der Waals surface area (Å²) < 4.78 is 0. The van der Waals surface area contributed by atoms with Gasteiger partial charge in [-0.2, -0.15) is 0 Å². The smallest absolute Gasteiger partial charge is 0.0647 e. The zero-order valence-corrected chi connectivity index (χ0v) is 10.1. The van der Waals surface area contributed by atoms with Gasteiger partial charge in [-0.25, -0.2) is 0 Å². The second-order valence-electron chi connectivity index (χ2n) is 4.58. The minimum Gasteiger partial charge on any atom is -0.395 e. The molecule has 17 heavy (non-hydrogen) atoms. The molecule has 94 valence electrons. The molecule has 0 aromatic carbocycles. The van der Waals surface area contributed by atoms with Crippen molar-refractivity contribution in [3.05, 3.63) is 30.1 Å². The van der Waals surface area contributed by atoms with E-state index in [0.717, 1.165) is 18.7 Å². The van der Waals surface area contributed by atoms with Crippen LogP contribution in [0, 0.1) is 0 Å². The van der Waals surface area contributed by atoms with E-state index in [-0.39, 0.29) is 18.7 Å². The van der Waals surface area contributed by atoms with Crippen LogP contribution < -0.4 is 5.73 Å². The maximum atomic E-state index is 9.45. The minimum absolute atomic E-state index is 0.133. The number of aliphatic hydroxyl groups is 1. The predicted octanol–water partition coefficient (Wildman–Crippen LogP) is 0.928. The highest BCUT2D eigenvalue weighted by molar-refractivity contribution is 5.10. The van der Waals surface area contributed by atoms with Gasteiger partial charge in [0.2, 0.25) is 0 Å². The molecule has 3 N–H and O–H groups in total. The van der Waals surface area contributed by atoms with Crippen LogP contribution in [-0.4, -0.2) is 40.7 Å². The van der Waals surface area contributed by atoms with E-state index in [2.05, 4.69) is 9.88 Å². The molecule has 0 saturated carbocycles. The number of rotatable bonds is 4. The number of hydrogen-bond acceptors (Lipinski definition) is 4. The standard InChI is InChI=1S/C13H21N3O/c14-9-13(12-6-1-3-7-15-12)16-8-4-2-5-11(16)10-17/h1,3,6-7,11,13,17H,2,4-5,8-10,14H2. The molecule has 1 fully saturated rings. The van der Waals surface area contributed by atoms with Crippen molar-refractivity contribution < 1.29 is 5.11 Å². The van der Waals surface area contributed by atoms with Gasteiger partial charge in [-0.05, 0) is 31.5 Å². The number of nitrogens with two attached hydrogens (primary N) is 1. The van der Waals surface area contributed by atoms with Crippen LogP contribution in [0.4, 0.5) is 0 Å². The molecule has 0 aliphatic carbocycles. The molecule has 2 atom stereocenters. The van der Waals surface area contributed by atoms with E-state index >= 15 is 0 Å². The zero-order chi connectivity index (χ0) is 12.1. The highest BCUT2D eigenvalue weighted by Crippen LogP contribution is 2.26. The number of likely N-dealkylation sites (tertiary alicyclic amines) is 1. The lowest BCUT2D eigenvalue weighted by molar-refractivity contribution is 0.0538. The van der Waals surface area contributed by atoms with Crippen LogP contribution in [0.2, 0.25) is 0 Å². The topological polar surface area (TPSA) is 62.4 Å². The van der Waals surface area contributed by atoms with E-state index in [4.69, 9.17) is 5.73 Å². The molecule has 2 unspecified atom stereocenters. The van der Waals surface area contributed by atoms with Crippen molar-refractivity contribution in [1.82, 2.24) is 9.88 Å². The molecular formula is C13H21N3O. The Morgan fingerprint density at radius 1 is 1.47 bits per heavy atom. The van der Waals surface area contributed by atoms with E-state index in [1.54, 1.807) is 6.20 Å². The SMILES string of the molecule is NCC(c1ccccn1)N1CCCCC1CO. The third kappa shape index (κ3) is 2.83. The van der Waals surface area contributed by atoms with Gasteiger partial charge in [0.15, 0.2) is 0 Å². The van der Waals surface area contributed by atoms with E-state index in [1.807, 2.05) is 18.2 Å². The van der Waals surface area contributed by atoms with Crippen molar-refractivity contribution in [2.45, 2.75) is 31.3 Å². The van der Waals surface area contributed by atoms with Crippen molar-refractivity contribution in [3.8, 4) is 0 Å². The van der Waals surface area contributed by atoms with Gasteiger partial charge in [0.05, 0.1) is 18.3 Å². The summed E-state index contributed by atoms with van der Waals surface area (Å²) in [5.74, 6) is 0. The van der Waals surface area contributed by atoms with Gasteiger partial charge < -0.3 is 10.8 Å². The Labute approximate surface area is 102 Å². The molecule has 2 heterocycles. The highest BCUT2D eigenvalue weighted by atomic mass is 16.3. The molecule has 0 radical (unpaired) electrons. The molecule has 4 heteroatoms. The lowest BCUT2D eigenvalue weighted by Crippen LogP contribution is -2.46. The minimum atomic E-state index is 0.133. The first-order valence-electron chi connectivity index (χ1n) is 6.34. The number of nitrogens with zero attached hydrogens (tertiary/aromatic N) is 2. The molecule has 1 aliphatic heterocycles. The number of aromatic nitrogens is 1. The van der Waals surface area contributed by atoms with Crippen LogP contribution in [0.25, 0.3) is 0 Å². The highest BCUT2D eigenvalue weighted by Gasteiger charge is 2.29. The normalized spacial score (nSPS) is 23.5. The van der Waals surface area contributed by atoms with Gasteiger partial charge in [-0.15, -0.1) is 0 Å². The van der Waals surface area contributed by atoms with Crippen molar-refractivity contribution in [3.63, 3.8) is 0 Å². The van der Waals surface area contributed by atoms with Crippen LogP contribution in [0.3, 0.4) is 0 Å². The molecule has 1 saturated heterocycles. The quantitative estimate of drug-likeness (QED) is 0.815. The summed E-state index contributed by atoms with van der Waals surface area (Å²) >= 11 is 0. The maximum absolute atomic E-state index is 9.45. The molecule has 4 nitrogen and oxygen atoms in total. The largest absolute Gasteiger partial charge is 0.395 e. The Bertz CT molecular complexity index is 331. The second-order valence-corrected chi connectivity index (χ2v) is 4.58. The Hall–Kier alpha value is -0.970. The molecule has 2 rings (SSSR count). The average molecular weight is 235 g/mol.